The molecule has 1 N–H and O–H groups in total. The molecular formula is C15H12N2O2. The molecule has 19 heavy (non-hydrogen) atoms. The first-order valence-corrected chi connectivity index (χ1v) is 5.95. The number of carbonyl (C=O) groups excluding carboxylic acids is 1. The zero-order valence-corrected chi connectivity index (χ0v) is 10.2. The molecule has 1 aromatic carbocycles. The third kappa shape index (κ3) is 2.20. The van der Waals surface area contributed by atoms with E-state index >= 15 is 0 Å². The van der Waals surface area contributed by atoms with E-state index in [1.807, 2.05) is 22.7 Å². The summed E-state index contributed by atoms with van der Waals surface area (Å²) in [6.45, 7) is 0. The molecule has 0 atom stereocenters. The zero-order valence-electron chi connectivity index (χ0n) is 10.2. The van der Waals surface area contributed by atoms with Gasteiger partial charge in [-0.3, -0.25) is 4.79 Å². The largest absolute Gasteiger partial charge is 0.508 e. The predicted octanol–water partition coefficient (Wildman–Crippen LogP) is 2.44. The van der Waals surface area contributed by atoms with E-state index in [2.05, 4.69) is 4.98 Å². The third-order valence-electron chi connectivity index (χ3n) is 3.07. The number of aromatic nitrogens is 2. The van der Waals surface area contributed by atoms with Gasteiger partial charge < -0.3 is 9.51 Å². The van der Waals surface area contributed by atoms with Gasteiger partial charge in [-0.25, -0.2) is 4.98 Å². The van der Waals surface area contributed by atoms with Crippen LogP contribution >= 0.6 is 0 Å². The molecule has 3 rings (SSSR count). The van der Waals surface area contributed by atoms with Crippen LogP contribution < -0.4 is 0 Å². The highest BCUT2D eigenvalue weighted by Crippen LogP contribution is 2.15. The van der Waals surface area contributed by atoms with E-state index < -0.39 is 0 Å². The molecule has 0 amide bonds. The van der Waals surface area contributed by atoms with Crippen LogP contribution in [0.3, 0.4) is 0 Å². The number of hydrogen-bond donors (Lipinski definition) is 1. The number of benzene rings is 1. The monoisotopic (exact) mass is 252 g/mol. The Balaban J connectivity index is 1.97. The minimum atomic E-state index is 0.257. The second-order valence-electron chi connectivity index (χ2n) is 4.39. The smallest absolute Gasteiger partial charge is 0.150 e. The molecule has 0 aliphatic heterocycles. The van der Waals surface area contributed by atoms with Crippen molar-refractivity contribution in [2.45, 2.75) is 6.42 Å². The second-order valence-corrected chi connectivity index (χ2v) is 4.39. The van der Waals surface area contributed by atoms with E-state index in [9.17, 15) is 9.90 Å². The van der Waals surface area contributed by atoms with Crippen molar-refractivity contribution >= 4 is 11.8 Å². The zero-order chi connectivity index (χ0) is 13.2. The molecule has 2 heterocycles. The van der Waals surface area contributed by atoms with Crippen LogP contribution in [0.2, 0.25) is 0 Å². The number of fused-ring (bicyclic) bond motifs is 1. The summed E-state index contributed by atoms with van der Waals surface area (Å²) in [5.74, 6) is 1.16. The Bertz CT molecular complexity index is 729. The van der Waals surface area contributed by atoms with E-state index in [0.717, 1.165) is 23.2 Å². The standard InChI is InChI=1S/C15H12N2O2/c18-10-12-5-6-17-13(7-12)9-16-15(17)8-11-1-3-14(19)4-2-11/h1-7,9-10,19H,8H2. The van der Waals surface area contributed by atoms with Crippen molar-refractivity contribution < 1.29 is 9.90 Å². The molecule has 0 unspecified atom stereocenters. The number of aldehydes is 1. The maximum atomic E-state index is 10.7. The number of imidazole rings is 1. The fraction of sp³-hybridized carbons (Fsp3) is 0.0667. The van der Waals surface area contributed by atoms with Crippen molar-refractivity contribution in [3.8, 4) is 5.75 Å². The van der Waals surface area contributed by atoms with Crippen LogP contribution in [-0.2, 0) is 6.42 Å². The summed E-state index contributed by atoms with van der Waals surface area (Å²) in [5, 5.41) is 9.26. The van der Waals surface area contributed by atoms with Crippen LogP contribution in [0.1, 0.15) is 21.7 Å². The van der Waals surface area contributed by atoms with Crippen molar-refractivity contribution in [2.75, 3.05) is 0 Å². The number of rotatable bonds is 3. The van der Waals surface area contributed by atoms with Crippen molar-refractivity contribution in [3.63, 3.8) is 0 Å². The van der Waals surface area contributed by atoms with E-state index in [0.29, 0.717) is 12.0 Å². The topological polar surface area (TPSA) is 54.6 Å². The Morgan fingerprint density at radius 1 is 1.21 bits per heavy atom. The number of nitrogens with zero attached hydrogens (tertiary/aromatic N) is 2. The van der Waals surface area contributed by atoms with Crippen LogP contribution in [-0.4, -0.2) is 20.8 Å². The lowest BCUT2D eigenvalue weighted by molar-refractivity contribution is 0.112. The van der Waals surface area contributed by atoms with Gasteiger partial charge in [0.25, 0.3) is 0 Å². The molecule has 4 heteroatoms. The number of phenolic OH excluding ortho intramolecular Hbond substituents is 1. The maximum absolute atomic E-state index is 10.7. The molecule has 0 aliphatic carbocycles. The lowest BCUT2D eigenvalue weighted by Gasteiger charge is -2.02. The summed E-state index contributed by atoms with van der Waals surface area (Å²) in [4.78, 5) is 15.1. The first-order valence-electron chi connectivity index (χ1n) is 5.95. The van der Waals surface area contributed by atoms with Gasteiger partial charge in [0.15, 0.2) is 0 Å². The first kappa shape index (κ1) is 11.5. The highest BCUT2D eigenvalue weighted by atomic mass is 16.3. The minimum Gasteiger partial charge on any atom is -0.508 e. The van der Waals surface area contributed by atoms with Gasteiger partial charge in [0.2, 0.25) is 0 Å². The SMILES string of the molecule is O=Cc1ccn2c(Cc3ccc(O)cc3)ncc2c1. The van der Waals surface area contributed by atoms with Gasteiger partial charge in [-0.1, -0.05) is 12.1 Å². The van der Waals surface area contributed by atoms with Crippen molar-refractivity contribution in [1.29, 1.82) is 0 Å². The Kier molecular flexibility index (Phi) is 2.76. The van der Waals surface area contributed by atoms with Gasteiger partial charge in [0, 0.05) is 18.2 Å². The first-order chi connectivity index (χ1) is 9.26. The summed E-state index contributed by atoms with van der Waals surface area (Å²) in [6, 6.07) is 10.6. The summed E-state index contributed by atoms with van der Waals surface area (Å²) in [7, 11) is 0. The second kappa shape index (κ2) is 4.57. The van der Waals surface area contributed by atoms with E-state index in [4.69, 9.17) is 0 Å². The average molecular weight is 252 g/mol. The van der Waals surface area contributed by atoms with Crippen LogP contribution in [0, 0.1) is 0 Å². The van der Waals surface area contributed by atoms with Crippen LogP contribution in [0.5, 0.6) is 5.75 Å². The van der Waals surface area contributed by atoms with Gasteiger partial charge in [-0.05, 0) is 29.8 Å². The van der Waals surface area contributed by atoms with E-state index in [1.54, 1.807) is 30.5 Å². The quantitative estimate of drug-likeness (QED) is 0.728. The van der Waals surface area contributed by atoms with Gasteiger partial charge in [-0.2, -0.15) is 0 Å². The van der Waals surface area contributed by atoms with Gasteiger partial charge in [-0.15, -0.1) is 0 Å². The van der Waals surface area contributed by atoms with E-state index in [1.165, 1.54) is 0 Å². The Morgan fingerprint density at radius 3 is 2.74 bits per heavy atom. The predicted molar refractivity (Wildman–Crippen MR) is 71.5 cm³/mol. The summed E-state index contributed by atoms with van der Waals surface area (Å²) in [5.41, 5.74) is 2.62. The van der Waals surface area contributed by atoms with Crippen molar-refractivity contribution in [1.82, 2.24) is 9.38 Å². The number of aromatic hydroxyl groups is 1. The van der Waals surface area contributed by atoms with Gasteiger partial charge in [0.1, 0.15) is 17.9 Å². The van der Waals surface area contributed by atoms with Crippen LogP contribution in [0.15, 0.2) is 48.8 Å². The normalized spacial score (nSPS) is 10.7. The summed E-state index contributed by atoms with van der Waals surface area (Å²) >= 11 is 0. The fourth-order valence-electron chi connectivity index (χ4n) is 2.07. The molecule has 0 radical (unpaired) electrons. The molecule has 3 aromatic rings. The summed E-state index contributed by atoms with van der Waals surface area (Å²) < 4.78 is 1.96. The number of phenols is 1. The highest BCUT2D eigenvalue weighted by Gasteiger charge is 2.05. The maximum Gasteiger partial charge on any atom is 0.150 e. The van der Waals surface area contributed by atoms with E-state index in [-0.39, 0.29) is 5.75 Å². The molecule has 2 aromatic heterocycles. The molecule has 0 spiro atoms. The molecule has 0 saturated heterocycles. The van der Waals surface area contributed by atoms with Gasteiger partial charge in [0.05, 0.1) is 11.7 Å². The third-order valence-corrected chi connectivity index (χ3v) is 3.07. The molecule has 4 nitrogen and oxygen atoms in total. The number of pyridine rings is 1. The molecule has 0 fully saturated rings. The number of carbonyl (C=O) groups is 1. The minimum absolute atomic E-state index is 0.257. The average Bonchev–Trinajstić information content (AvgIpc) is 2.83. The molecular weight excluding hydrogens is 240 g/mol. The lowest BCUT2D eigenvalue weighted by Crippen LogP contribution is -1.96. The molecule has 0 aliphatic rings. The van der Waals surface area contributed by atoms with Crippen molar-refractivity contribution in [2.24, 2.45) is 0 Å². The Labute approximate surface area is 110 Å². The number of hydrogen-bond acceptors (Lipinski definition) is 3. The Hall–Kier alpha value is -2.62. The summed E-state index contributed by atoms with van der Waals surface area (Å²) in [6.07, 6.45) is 5.10. The lowest BCUT2D eigenvalue weighted by atomic mass is 10.1. The van der Waals surface area contributed by atoms with Crippen molar-refractivity contribution in [3.05, 3.63) is 65.7 Å². The highest BCUT2D eigenvalue weighted by molar-refractivity contribution is 5.77. The fourth-order valence-corrected chi connectivity index (χ4v) is 2.07. The molecule has 94 valence electrons. The van der Waals surface area contributed by atoms with Gasteiger partial charge >= 0.3 is 0 Å². The Morgan fingerprint density at radius 2 is 2.00 bits per heavy atom. The molecule has 0 bridgehead atoms. The van der Waals surface area contributed by atoms with Crippen LogP contribution in [0.25, 0.3) is 5.52 Å². The van der Waals surface area contributed by atoms with Crippen LogP contribution in [0.4, 0.5) is 0 Å². The molecule has 0 saturated carbocycles.